The number of ether oxygens (including phenoxy) is 1. The second kappa shape index (κ2) is 8.91. The first-order chi connectivity index (χ1) is 13.1. The molecule has 1 amide bonds. The van der Waals surface area contributed by atoms with Gasteiger partial charge in [-0.15, -0.1) is 0 Å². The van der Waals surface area contributed by atoms with E-state index in [1.54, 1.807) is 4.90 Å². The molecule has 0 aromatic heterocycles. The van der Waals surface area contributed by atoms with Crippen molar-refractivity contribution in [3.8, 4) is 5.75 Å². The van der Waals surface area contributed by atoms with Crippen LogP contribution in [0.2, 0.25) is 0 Å². The Bertz CT molecular complexity index is 872. The van der Waals surface area contributed by atoms with Gasteiger partial charge in [0.05, 0.1) is 4.91 Å². The lowest BCUT2D eigenvalue weighted by molar-refractivity contribution is -0.122. The highest BCUT2D eigenvalue weighted by Gasteiger charge is 2.31. The van der Waals surface area contributed by atoms with Crippen LogP contribution < -0.4 is 4.74 Å². The number of amides is 1. The molecule has 27 heavy (non-hydrogen) atoms. The van der Waals surface area contributed by atoms with Gasteiger partial charge in [0, 0.05) is 18.7 Å². The number of rotatable bonds is 6. The fourth-order valence-corrected chi connectivity index (χ4v) is 3.85. The molecule has 0 atom stereocenters. The molecule has 2 aromatic rings. The van der Waals surface area contributed by atoms with Crippen molar-refractivity contribution in [2.24, 2.45) is 4.99 Å². The molecule has 2 aromatic carbocycles. The van der Waals surface area contributed by atoms with E-state index in [1.807, 2.05) is 44.2 Å². The number of nitrogens with zero attached hydrogens (tertiary/aromatic N) is 2. The van der Waals surface area contributed by atoms with Crippen LogP contribution in [0.15, 0.2) is 58.4 Å². The van der Waals surface area contributed by atoms with Crippen LogP contribution >= 0.6 is 11.8 Å². The molecule has 140 valence electrons. The van der Waals surface area contributed by atoms with E-state index < -0.39 is 0 Å². The van der Waals surface area contributed by atoms with Crippen LogP contribution in [-0.4, -0.2) is 29.1 Å². The SMILES string of the molecule is CCN=C1S/C(=C/c2ccccc2OCc2ccc(C)cc2)C(=O)N1CC. The van der Waals surface area contributed by atoms with Gasteiger partial charge in [-0.2, -0.15) is 0 Å². The van der Waals surface area contributed by atoms with E-state index >= 15 is 0 Å². The number of benzene rings is 2. The summed E-state index contributed by atoms with van der Waals surface area (Å²) in [5.74, 6) is 0.769. The van der Waals surface area contributed by atoms with E-state index in [-0.39, 0.29) is 5.91 Å². The zero-order valence-electron chi connectivity index (χ0n) is 15.9. The number of likely N-dealkylation sites (N-methyl/N-ethyl adjacent to an activating group) is 1. The maximum absolute atomic E-state index is 12.7. The number of carbonyl (C=O) groups is 1. The number of aliphatic imine (C=N–C) groups is 1. The molecule has 0 spiro atoms. The van der Waals surface area contributed by atoms with Crippen LogP contribution in [0.3, 0.4) is 0 Å². The van der Waals surface area contributed by atoms with Crippen LogP contribution in [0.5, 0.6) is 5.75 Å². The first-order valence-electron chi connectivity index (χ1n) is 9.15. The summed E-state index contributed by atoms with van der Waals surface area (Å²) in [6, 6.07) is 16.1. The molecule has 1 aliphatic rings. The number of amidine groups is 1. The van der Waals surface area contributed by atoms with E-state index in [4.69, 9.17) is 4.74 Å². The summed E-state index contributed by atoms with van der Waals surface area (Å²) in [4.78, 5) is 19.5. The van der Waals surface area contributed by atoms with E-state index in [1.165, 1.54) is 17.3 Å². The molecule has 5 heteroatoms. The Hall–Kier alpha value is -2.53. The van der Waals surface area contributed by atoms with Gasteiger partial charge in [-0.05, 0) is 50.2 Å². The van der Waals surface area contributed by atoms with Gasteiger partial charge < -0.3 is 4.74 Å². The first kappa shape index (κ1) is 19.2. The largest absolute Gasteiger partial charge is 0.488 e. The lowest BCUT2D eigenvalue weighted by Gasteiger charge is -2.11. The number of thioether (sulfide) groups is 1. The monoisotopic (exact) mass is 380 g/mol. The number of para-hydroxylation sites is 1. The standard InChI is InChI=1S/C22H24N2O2S/c1-4-23-22-24(5-2)21(25)20(27-22)14-18-8-6-7-9-19(18)26-15-17-12-10-16(3)11-13-17/h6-14H,4-5,15H2,1-3H3/b20-14+,23-22?. The van der Waals surface area contributed by atoms with Gasteiger partial charge in [-0.1, -0.05) is 48.0 Å². The molecule has 1 saturated heterocycles. The number of aryl methyl sites for hydroxylation is 1. The summed E-state index contributed by atoms with van der Waals surface area (Å²) in [5.41, 5.74) is 3.24. The quantitative estimate of drug-likeness (QED) is 0.670. The van der Waals surface area contributed by atoms with Gasteiger partial charge in [-0.25, -0.2) is 0 Å². The van der Waals surface area contributed by atoms with Gasteiger partial charge in [0.1, 0.15) is 12.4 Å². The van der Waals surface area contributed by atoms with Crippen molar-refractivity contribution in [3.05, 3.63) is 70.1 Å². The zero-order valence-corrected chi connectivity index (χ0v) is 16.8. The third-order valence-corrected chi connectivity index (χ3v) is 5.26. The molecule has 0 unspecified atom stereocenters. The minimum Gasteiger partial charge on any atom is -0.488 e. The van der Waals surface area contributed by atoms with Gasteiger partial charge in [-0.3, -0.25) is 14.7 Å². The summed E-state index contributed by atoms with van der Waals surface area (Å²) >= 11 is 1.43. The van der Waals surface area contributed by atoms with Gasteiger partial charge in [0.25, 0.3) is 5.91 Å². The smallest absolute Gasteiger partial charge is 0.266 e. The summed E-state index contributed by atoms with van der Waals surface area (Å²) in [5, 5.41) is 0.773. The molecular weight excluding hydrogens is 356 g/mol. The highest BCUT2D eigenvalue weighted by Crippen LogP contribution is 2.34. The van der Waals surface area contributed by atoms with Crippen LogP contribution in [0.4, 0.5) is 0 Å². The molecule has 0 N–H and O–H groups in total. The average molecular weight is 381 g/mol. The Morgan fingerprint density at radius 3 is 2.56 bits per heavy atom. The van der Waals surface area contributed by atoms with Crippen molar-refractivity contribution >= 4 is 28.9 Å². The highest BCUT2D eigenvalue weighted by atomic mass is 32.2. The molecule has 1 heterocycles. The van der Waals surface area contributed by atoms with Crippen molar-refractivity contribution in [1.82, 2.24) is 4.90 Å². The van der Waals surface area contributed by atoms with Crippen molar-refractivity contribution in [1.29, 1.82) is 0 Å². The molecular formula is C22H24N2O2S. The van der Waals surface area contributed by atoms with Crippen molar-refractivity contribution < 1.29 is 9.53 Å². The minimum absolute atomic E-state index is 0.00281. The molecule has 1 aliphatic heterocycles. The second-order valence-corrected chi connectivity index (χ2v) is 7.24. The lowest BCUT2D eigenvalue weighted by atomic mass is 10.1. The second-order valence-electron chi connectivity index (χ2n) is 6.23. The normalized spacial score (nSPS) is 17.1. The Morgan fingerprint density at radius 2 is 1.85 bits per heavy atom. The van der Waals surface area contributed by atoms with Crippen molar-refractivity contribution in [2.45, 2.75) is 27.4 Å². The zero-order chi connectivity index (χ0) is 19.2. The topological polar surface area (TPSA) is 41.9 Å². The Morgan fingerprint density at radius 1 is 1.11 bits per heavy atom. The maximum atomic E-state index is 12.7. The number of hydrogen-bond donors (Lipinski definition) is 0. The molecule has 0 aliphatic carbocycles. The predicted octanol–water partition coefficient (Wildman–Crippen LogP) is 4.89. The Balaban J connectivity index is 1.81. The third-order valence-electron chi connectivity index (χ3n) is 4.22. The van der Waals surface area contributed by atoms with Crippen molar-refractivity contribution in [3.63, 3.8) is 0 Å². The highest BCUT2D eigenvalue weighted by molar-refractivity contribution is 8.18. The number of carbonyl (C=O) groups excluding carboxylic acids is 1. The fraction of sp³-hybridized carbons (Fsp3) is 0.273. The van der Waals surface area contributed by atoms with Crippen LogP contribution in [0.25, 0.3) is 6.08 Å². The van der Waals surface area contributed by atoms with Gasteiger partial charge in [0.15, 0.2) is 5.17 Å². The maximum Gasteiger partial charge on any atom is 0.266 e. The molecule has 1 fully saturated rings. The van der Waals surface area contributed by atoms with E-state index in [9.17, 15) is 4.79 Å². The fourth-order valence-electron chi connectivity index (χ4n) is 2.76. The molecule has 4 nitrogen and oxygen atoms in total. The minimum atomic E-state index is 0.00281. The van der Waals surface area contributed by atoms with E-state index in [0.29, 0.717) is 24.6 Å². The summed E-state index contributed by atoms with van der Waals surface area (Å²) in [6.45, 7) is 7.78. The first-order valence-corrected chi connectivity index (χ1v) is 9.97. The van der Waals surface area contributed by atoms with Crippen LogP contribution in [0.1, 0.15) is 30.5 Å². The Labute approximate surface area is 164 Å². The molecule has 3 rings (SSSR count). The van der Waals surface area contributed by atoms with E-state index in [2.05, 4.69) is 36.2 Å². The predicted molar refractivity (Wildman–Crippen MR) is 113 cm³/mol. The lowest BCUT2D eigenvalue weighted by Crippen LogP contribution is -2.28. The molecule has 0 saturated carbocycles. The Kier molecular flexibility index (Phi) is 6.35. The van der Waals surface area contributed by atoms with Gasteiger partial charge in [0.2, 0.25) is 0 Å². The van der Waals surface area contributed by atoms with Crippen molar-refractivity contribution in [2.75, 3.05) is 13.1 Å². The van der Waals surface area contributed by atoms with Crippen LogP contribution in [0, 0.1) is 6.92 Å². The third kappa shape index (κ3) is 4.61. The number of hydrogen-bond acceptors (Lipinski definition) is 4. The molecule has 0 bridgehead atoms. The summed E-state index contributed by atoms with van der Waals surface area (Å²) in [7, 11) is 0. The summed E-state index contributed by atoms with van der Waals surface area (Å²) in [6.07, 6.45) is 1.90. The van der Waals surface area contributed by atoms with Crippen LogP contribution in [-0.2, 0) is 11.4 Å². The summed E-state index contributed by atoms with van der Waals surface area (Å²) < 4.78 is 6.03. The molecule has 0 radical (unpaired) electrons. The van der Waals surface area contributed by atoms with E-state index in [0.717, 1.165) is 22.0 Å². The average Bonchev–Trinajstić information content (AvgIpc) is 2.97. The van der Waals surface area contributed by atoms with Gasteiger partial charge >= 0.3 is 0 Å².